The van der Waals surface area contributed by atoms with Crippen LogP contribution in [-0.2, 0) is 0 Å². The quantitative estimate of drug-likeness (QED) is 0.810. The fourth-order valence-corrected chi connectivity index (χ4v) is 5.41. The van der Waals surface area contributed by atoms with Crippen LogP contribution in [0, 0.1) is 22.7 Å². The smallest absolute Gasteiger partial charge is 0.251 e. The van der Waals surface area contributed by atoms with E-state index in [9.17, 15) is 4.79 Å². The summed E-state index contributed by atoms with van der Waals surface area (Å²) in [5, 5.41) is 3.39. The highest BCUT2D eigenvalue weighted by Crippen LogP contribution is 2.68. The summed E-state index contributed by atoms with van der Waals surface area (Å²) >= 11 is 0. The molecule has 0 aliphatic heterocycles. The zero-order valence-corrected chi connectivity index (χ0v) is 15.1. The molecule has 2 bridgehead atoms. The Kier molecular flexibility index (Phi) is 4.29. The molecule has 0 radical (unpaired) electrons. The van der Waals surface area contributed by atoms with Gasteiger partial charge >= 0.3 is 0 Å². The standard InChI is InChI=1S/C21H31NO/c1-5-6-12-16-13-17-14-18(21(16,4)20(17,2)3)22-19(23)15-10-8-7-9-11-15/h7-11,16-18H,5-6,12-14H2,1-4H3,(H,22,23)/t16-,17-,18-,21+/m1/s1. The molecule has 4 atom stereocenters. The van der Waals surface area contributed by atoms with Crippen molar-refractivity contribution in [1.29, 1.82) is 0 Å². The highest BCUT2D eigenvalue weighted by molar-refractivity contribution is 5.94. The Labute approximate surface area is 141 Å². The van der Waals surface area contributed by atoms with Gasteiger partial charge < -0.3 is 5.32 Å². The maximum absolute atomic E-state index is 12.6. The number of benzene rings is 1. The maximum Gasteiger partial charge on any atom is 0.251 e. The molecule has 2 aliphatic rings. The fourth-order valence-electron chi connectivity index (χ4n) is 5.41. The topological polar surface area (TPSA) is 29.1 Å². The molecule has 0 aromatic heterocycles. The fraction of sp³-hybridized carbons (Fsp3) is 0.667. The molecule has 0 unspecified atom stereocenters. The summed E-state index contributed by atoms with van der Waals surface area (Å²) in [5.74, 6) is 1.59. The van der Waals surface area contributed by atoms with Crippen LogP contribution in [0.25, 0.3) is 0 Å². The lowest BCUT2D eigenvalue weighted by Gasteiger charge is -2.44. The summed E-state index contributed by atoms with van der Waals surface area (Å²) in [5.41, 5.74) is 1.32. The summed E-state index contributed by atoms with van der Waals surface area (Å²) in [4.78, 5) is 12.6. The van der Waals surface area contributed by atoms with Gasteiger partial charge in [-0.05, 0) is 54.1 Å². The van der Waals surface area contributed by atoms with Gasteiger partial charge in [-0.15, -0.1) is 0 Å². The largest absolute Gasteiger partial charge is 0.349 e. The predicted molar refractivity (Wildman–Crippen MR) is 95.3 cm³/mol. The maximum atomic E-state index is 12.6. The minimum absolute atomic E-state index is 0.0921. The average Bonchev–Trinajstić information content (AvgIpc) is 2.85. The van der Waals surface area contributed by atoms with Crippen molar-refractivity contribution in [3.05, 3.63) is 35.9 Å². The monoisotopic (exact) mass is 313 g/mol. The van der Waals surface area contributed by atoms with Crippen LogP contribution in [0.2, 0.25) is 0 Å². The average molecular weight is 313 g/mol. The molecule has 1 aromatic rings. The van der Waals surface area contributed by atoms with E-state index in [1.165, 1.54) is 25.7 Å². The number of amides is 1. The second-order valence-corrected chi connectivity index (χ2v) is 8.40. The molecule has 2 heteroatoms. The number of carbonyl (C=O) groups excluding carboxylic acids is 1. The van der Waals surface area contributed by atoms with E-state index in [1.807, 2.05) is 30.3 Å². The van der Waals surface area contributed by atoms with Gasteiger partial charge in [0.25, 0.3) is 5.91 Å². The van der Waals surface area contributed by atoms with Crippen LogP contribution < -0.4 is 5.32 Å². The molecule has 0 heterocycles. The number of hydrogen-bond donors (Lipinski definition) is 1. The summed E-state index contributed by atoms with van der Waals surface area (Å²) in [6.07, 6.45) is 6.37. The second-order valence-electron chi connectivity index (χ2n) is 8.40. The van der Waals surface area contributed by atoms with Crippen molar-refractivity contribution >= 4 is 5.91 Å². The van der Waals surface area contributed by atoms with Gasteiger partial charge in [0.15, 0.2) is 0 Å². The number of nitrogens with one attached hydrogen (secondary N) is 1. The van der Waals surface area contributed by atoms with Gasteiger partial charge in [-0.2, -0.15) is 0 Å². The summed E-state index contributed by atoms with van der Waals surface area (Å²) in [6.45, 7) is 9.57. The van der Waals surface area contributed by atoms with E-state index < -0.39 is 0 Å². The third-order valence-electron chi connectivity index (χ3n) is 7.32. The molecule has 0 spiro atoms. The van der Waals surface area contributed by atoms with E-state index >= 15 is 0 Å². The lowest BCUT2D eigenvalue weighted by Crippen LogP contribution is -2.50. The minimum Gasteiger partial charge on any atom is -0.349 e. The zero-order chi connectivity index (χ0) is 16.7. The Morgan fingerprint density at radius 1 is 1.17 bits per heavy atom. The summed E-state index contributed by atoms with van der Waals surface area (Å²) in [7, 11) is 0. The van der Waals surface area contributed by atoms with Gasteiger partial charge in [0.1, 0.15) is 0 Å². The van der Waals surface area contributed by atoms with E-state index in [4.69, 9.17) is 0 Å². The Balaban J connectivity index is 1.79. The first-order chi connectivity index (χ1) is 10.9. The molecule has 1 N–H and O–H groups in total. The van der Waals surface area contributed by atoms with Gasteiger partial charge in [0.05, 0.1) is 0 Å². The van der Waals surface area contributed by atoms with Crippen molar-refractivity contribution in [1.82, 2.24) is 5.32 Å². The Morgan fingerprint density at radius 3 is 2.48 bits per heavy atom. The van der Waals surface area contributed by atoms with Crippen molar-refractivity contribution in [3.63, 3.8) is 0 Å². The van der Waals surface area contributed by atoms with Gasteiger partial charge in [-0.25, -0.2) is 0 Å². The number of fused-ring (bicyclic) bond motifs is 2. The van der Waals surface area contributed by atoms with Gasteiger partial charge in [-0.3, -0.25) is 4.79 Å². The predicted octanol–water partition coefficient (Wildman–Crippen LogP) is 5.05. The molecule has 126 valence electrons. The number of carbonyl (C=O) groups is 1. The molecule has 2 fully saturated rings. The zero-order valence-electron chi connectivity index (χ0n) is 15.1. The molecule has 1 amide bonds. The number of hydrogen-bond acceptors (Lipinski definition) is 1. The molecule has 3 rings (SSSR count). The van der Waals surface area contributed by atoms with Crippen LogP contribution in [0.4, 0.5) is 0 Å². The molecule has 2 saturated carbocycles. The van der Waals surface area contributed by atoms with Crippen molar-refractivity contribution in [3.8, 4) is 0 Å². The van der Waals surface area contributed by atoms with E-state index in [2.05, 4.69) is 33.0 Å². The molecule has 1 aromatic carbocycles. The van der Waals surface area contributed by atoms with Crippen molar-refractivity contribution in [2.75, 3.05) is 0 Å². The molecule has 23 heavy (non-hydrogen) atoms. The van der Waals surface area contributed by atoms with Crippen LogP contribution in [0.5, 0.6) is 0 Å². The van der Waals surface area contributed by atoms with E-state index in [0.29, 0.717) is 11.5 Å². The van der Waals surface area contributed by atoms with Gasteiger partial charge in [0, 0.05) is 11.6 Å². The van der Waals surface area contributed by atoms with Crippen LogP contribution in [0.15, 0.2) is 30.3 Å². The van der Waals surface area contributed by atoms with Crippen LogP contribution in [-0.4, -0.2) is 11.9 Å². The van der Waals surface area contributed by atoms with Crippen LogP contribution in [0.1, 0.15) is 70.2 Å². The number of unbranched alkanes of at least 4 members (excludes halogenated alkanes) is 1. The lowest BCUT2D eigenvalue weighted by molar-refractivity contribution is 0.0564. The SMILES string of the molecule is CCCC[C@@H]1C[C@@H]2C[C@@H](NC(=O)c3ccccc3)[C@@]1(C)C2(C)C. The molecule has 2 nitrogen and oxygen atoms in total. The van der Waals surface area contributed by atoms with Gasteiger partial charge in [0.2, 0.25) is 0 Å². The molecule has 2 aliphatic carbocycles. The Bertz CT molecular complexity index is 564. The highest BCUT2D eigenvalue weighted by Gasteiger charge is 2.65. The van der Waals surface area contributed by atoms with E-state index in [-0.39, 0.29) is 11.3 Å². The first-order valence-corrected chi connectivity index (χ1v) is 9.27. The van der Waals surface area contributed by atoms with E-state index in [0.717, 1.165) is 23.8 Å². The van der Waals surface area contributed by atoms with Gasteiger partial charge in [-0.1, -0.05) is 58.7 Å². The van der Waals surface area contributed by atoms with Crippen molar-refractivity contribution in [2.24, 2.45) is 22.7 Å². The molecule has 0 saturated heterocycles. The van der Waals surface area contributed by atoms with Crippen molar-refractivity contribution < 1.29 is 4.79 Å². The second kappa shape index (κ2) is 5.96. The summed E-state index contributed by atoms with van der Waals surface area (Å²) < 4.78 is 0. The third-order valence-corrected chi connectivity index (χ3v) is 7.32. The molecular formula is C21H31NO. The number of rotatable bonds is 5. The third kappa shape index (κ3) is 2.51. The van der Waals surface area contributed by atoms with Crippen molar-refractivity contribution in [2.45, 2.75) is 65.8 Å². The van der Waals surface area contributed by atoms with Crippen LogP contribution >= 0.6 is 0 Å². The minimum atomic E-state index is 0.0921. The van der Waals surface area contributed by atoms with Crippen LogP contribution in [0.3, 0.4) is 0 Å². The Morgan fingerprint density at radius 2 is 1.87 bits per heavy atom. The van der Waals surface area contributed by atoms with E-state index in [1.54, 1.807) is 0 Å². The highest BCUT2D eigenvalue weighted by atomic mass is 16.1. The Hall–Kier alpha value is -1.31. The first kappa shape index (κ1) is 16.5. The first-order valence-electron chi connectivity index (χ1n) is 9.27. The summed E-state index contributed by atoms with van der Waals surface area (Å²) in [6, 6.07) is 9.96. The lowest BCUT2D eigenvalue weighted by atomic mass is 9.63. The molecular weight excluding hydrogens is 282 g/mol. The normalized spacial score (nSPS) is 34.5.